The predicted octanol–water partition coefficient (Wildman–Crippen LogP) is 3.03. The van der Waals surface area contributed by atoms with Crippen molar-refractivity contribution in [3.63, 3.8) is 0 Å². The van der Waals surface area contributed by atoms with Gasteiger partial charge in [0.05, 0.1) is 18.2 Å². The molecule has 2 aliphatic rings. The molecule has 10 heteroatoms. The molecule has 36 heavy (non-hydrogen) atoms. The second-order valence-electron chi connectivity index (χ2n) is 10.4. The van der Waals surface area contributed by atoms with Crippen LogP contribution in [0.1, 0.15) is 73.5 Å². The fourth-order valence-electron chi connectivity index (χ4n) is 4.86. The minimum absolute atomic E-state index is 0.0733. The van der Waals surface area contributed by atoms with Crippen LogP contribution in [0.15, 0.2) is 30.5 Å². The Balaban J connectivity index is 1.73. The number of hydrogen-bond acceptors (Lipinski definition) is 5. The number of aromatic nitrogens is 3. The summed E-state index contributed by atoms with van der Waals surface area (Å²) in [7, 11) is 0. The molecule has 0 bridgehead atoms. The molecule has 190 valence electrons. The van der Waals surface area contributed by atoms with Crippen LogP contribution in [-0.2, 0) is 20.5 Å². The first-order chi connectivity index (χ1) is 18.2. The van der Waals surface area contributed by atoms with Gasteiger partial charge in [-0.15, -0.1) is 5.10 Å². The van der Waals surface area contributed by atoms with Crippen LogP contribution < -0.4 is 5.32 Å². The predicted molar refractivity (Wildman–Crippen MR) is 134 cm³/mol. The van der Waals surface area contributed by atoms with E-state index < -0.39 is 42.0 Å². The van der Waals surface area contributed by atoms with E-state index in [1.165, 1.54) is 15.8 Å². The molecule has 1 aromatic carbocycles. The maximum Gasteiger partial charge on any atom is 0.302 e. The van der Waals surface area contributed by atoms with Gasteiger partial charge in [-0.2, -0.15) is 0 Å². The van der Waals surface area contributed by atoms with Gasteiger partial charge in [0.2, 0.25) is 5.91 Å². The molecule has 1 saturated heterocycles. The summed E-state index contributed by atoms with van der Waals surface area (Å²) in [4.78, 5) is 46.4. The molecule has 1 fully saturated rings. The molecule has 3 amide bonds. The first-order valence-corrected chi connectivity index (χ1v) is 12.1. The molecule has 0 saturated carbocycles. The highest BCUT2D eigenvalue weighted by atomic mass is 16.2. The first-order valence-electron chi connectivity index (χ1n) is 13.6. The van der Waals surface area contributed by atoms with Crippen molar-refractivity contribution < 1.29 is 18.5 Å². The normalized spacial score (nSPS) is 23.3. The van der Waals surface area contributed by atoms with Crippen LogP contribution in [0.4, 0.5) is 5.69 Å². The fourth-order valence-corrected chi connectivity index (χ4v) is 4.86. The lowest BCUT2D eigenvalue weighted by Crippen LogP contribution is -2.51. The SMILES string of the molecule is [2H]C([2H])([2H])N(C(=O)c1cn(C(C)(C)C)nn1)[C@@H](CCCC)C(=O)N1C[C@]2(C[C@H]1[N+]#[C-])C(=O)Nc1ccccc12. The Morgan fingerprint density at radius 3 is 2.78 bits per heavy atom. The Morgan fingerprint density at radius 2 is 2.14 bits per heavy atom. The topological polar surface area (TPSA) is 105 Å². The molecule has 3 heterocycles. The van der Waals surface area contributed by atoms with Crippen molar-refractivity contribution >= 4 is 23.4 Å². The Hall–Kier alpha value is -3.74. The standard InChI is InChI=1S/C26H33N7O3/c1-7-8-13-20(31(6)22(34)19-15-33(30-29-19)25(2,3)4)23(35)32-16-26(14-21(32)27-5)17-11-9-10-12-18(17)28-24(26)36/h9-12,15,20-21H,7-8,13-14,16H2,1-4,6H3,(H,28,36)/t20-,21-,26-/m0/s1/i6D3. The van der Waals surface area contributed by atoms with Gasteiger partial charge in [-0.05, 0) is 38.8 Å². The van der Waals surface area contributed by atoms with Crippen LogP contribution in [0.2, 0.25) is 0 Å². The van der Waals surface area contributed by atoms with Gasteiger partial charge in [0.15, 0.2) is 5.69 Å². The average Bonchev–Trinajstić information content (AvgIpc) is 3.57. The Kier molecular flexibility index (Phi) is 5.61. The summed E-state index contributed by atoms with van der Waals surface area (Å²) < 4.78 is 26.1. The van der Waals surface area contributed by atoms with E-state index in [-0.39, 0.29) is 31.0 Å². The van der Waals surface area contributed by atoms with Crippen LogP contribution in [0, 0.1) is 6.57 Å². The summed E-state index contributed by atoms with van der Waals surface area (Å²) in [6, 6.07) is 5.77. The zero-order valence-electron chi connectivity index (χ0n) is 24.0. The summed E-state index contributed by atoms with van der Waals surface area (Å²) in [6.07, 6.45) is 1.65. The number of likely N-dealkylation sites (tertiary alicyclic amines) is 1. The van der Waals surface area contributed by atoms with E-state index in [0.717, 1.165) is 0 Å². The van der Waals surface area contributed by atoms with Crippen molar-refractivity contribution in [1.82, 2.24) is 24.8 Å². The summed E-state index contributed by atoms with van der Waals surface area (Å²) in [5.74, 6) is -1.93. The molecule has 3 atom stereocenters. The summed E-state index contributed by atoms with van der Waals surface area (Å²) in [5, 5.41) is 10.7. The molecule has 4 rings (SSSR count). The van der Waals surface area contributed by atoms with Crippen molar-refractivity contribution in [3.8, 4) is 0 Å². The zero-order chi connectivity index (χ0) is 28.8. The van der Waals surface area contributed by atoms with E-state index in [4.69, 9.17) is 10.7 Å². The summed E-state index contributed by atoms with van der Waals surface area (Å²) >= 11 is 0. The molecule has 1 aromatic heterocycles. The molecular weight excluding hydrogens is 458 g/mol. The minimum atomic E-state index is -2.97. The number of amides is 3. The van der Waals surface area contributed by atoms with Crippen molar-refractivity contribution in [2.75, 3.05) is 18.8 Å². The van der Waals surface area contributed by atoms with Crippen LogP contribution in [0.5, 0.6) is 0 Å². The van der Waals surface area contributed by atoms with E-state index in [1.54, 1.807) is 24.3 Å². The number of rotatable bonds is 6. The smallest absolute Gasteiger partial charge is 0.302 e. The molecule has 0 radical (unpaired) electrons. The lowest BCUT2D eigenvalue weighted by Gasteiger charge is -2.31. The zero-order valence-corrected chi connectivity index (χ0v) is 21.0. The van der Waals surface area contributed by atoms with Gasteiger partial charge in [0.1, 0.15) is 11.5 Å². The van der Waals surface area contributed by atoms with Crippen molar-refractivity contribution in [2.45, 2.75) is 76.5 Å². The van der Waals surface area contributed by atoms with E-state index in [9.17, 15) is 14.4 Å². The number of anilines is 1. The number of nitrogens with one attached hydrogen (secondary N) is 1. The highest BCUT2D eigenvalue weighted by Crippen LogP contribution is 2.46. The van der Waals surface area contributed by atoms with Gasteiger partial charge in [-0.1, -0.05) is 43.2 Å². The lowest BCUT2D eigenvalue weighted by molar-refractivity contribution is -0.136. The van der Waals surface area contributed by atoms with Crippen LogP contribution in [0.3, 0.4) is 0 Å². The Bertz CT molecular complexity index is 1330. The van der Waals surface area contributed by atoms with Crippen molar-refractivity contribution in [2.24, 2.45) is 0 Å². The second kappa shape index (κ2) is 9.37. The molecule has 2 aliphatic heterocycles. The Labute approximate surface area is 215 Å². The number of hydrogen-bond donors (Lipinski definition) is 1. The molecule has 0 aliphatic carbocycles. The van der Waals surface area contributed by atoms with Gasteiger partial charge in [0.25, 0.3) is 11.8 Å². The van der Waals surface area contributed by atoms with Crippen LogP contribution >= 0.6 is 0 Å². The van der Waals surface area contributed by atoms with E-state index >= 15 is 0 Å². The second-order valence-corrected chi connectivity index (χ2v) is 10.4. The fraction of sp³-hybridized carbons (Fsp3) is 0.538. The van der Waals surface area contributed by atoms with Crippen molar-refractivity contribution in [1.29, 1.82) is 0 Å². The highest BCUT2D eigenvalue weighted by Gasteiger charge is 2.59. The molecular formula is C26H33N7O3. The highest BCUT2D eigenvalue weighted by molar-refractivity contribution is 6.07. The van der Waals surface area contributed by atoms with Gasteiger partial charge < -0.3 is 10.2 Å². The van der Waals surface area contributed by atoms with Gasteiger partial charge in [0, 0.05) is 23.3 Å². The Morgan fingerprint density at radius 1 is 1.39 bits per heavy atom. The van der Waals surface area contributed by atoms with Crippen LogP contribution in [0.25, 0.3) is 4.85 Å². The van der Waals surface area contributed by atoms with Crippen molar-refractivity contribution in [3.05, 3.63) is 53.1 Å². The number of unbranched alkanes of at least 4 members (excludes halogenated alkanes) is 1. The molecule has 1 N–H and O–H groups in total. The molecule has 0 unspecified atom stereocenters. The maximum atomic E-state index is 14.1. The quantitative estimate of drug-likeness (QED) is 0.622. The lowest BCUT2D eigenvalue weighted by atomic mass is 9.80. The number of fused-ring (bicyclic) bond motifs is 2. The molecule has 2 aromatic rings. The van der Waals surface area contributed by atoms with Gasteiger partial charge in [-0.3, -0.25) is 24.1 Å². The third-order valence-corrected chi connectivity index (χ3v) is 6.94. The third-order valence-electron chi connectivity index (χ3n) is 6.94. The van der Waals surface area contributed by atoms with Gasteiger partial charge in [-0.25, -0.2) is 11.3 Å². The molecule has 10 nitrogen and oxygen atoms in total. The number of para-hydroxylation sites is 1. The van der Waals surface area contributed by atoms with Gasteiger partial charge >= 0.3 is 6.17 Å². The van der Waals surface area contributed by atoms with E-state index in [0.29, 0.717) is 29.0 Å². The maximum absolute atomic E-state index is 14.1. The monoisotopic (exact) mass is 494 g/mol. The number of benzene rings is 1. The molecule has 1 spiro atoms. The number of nitrogens with zero attached hydrogens (tertiary/aromatic N) is 6. The van der Waals surface area contributed by atoms with Crippen LogP contribution in [-0.4, -0.2) is 68.2 Å². The number of likely N-dealkylation sites (N-methyl/N-ethyl adjacent to an activating group) is 1. The average molecular weight is 495 g/mol. The minimum Gasteiger partial charge on any atom is -0.328 e. The summed E-state index contributed by atoms with van der Waals surface area (Å²) in [6.45, 7) is 12.2. The number of carbonyl (C=O) groups excluding carboxylic acids is 3. The summed E-state index contributed by atoms with van der Waals surface area (Å²) in [5.41, 5.74) is -0.491. The first kappa shape index (κ1) is 21.5. The third kappa shape index (κ3) is 4.23. The number of carbonyl (C=O) groups is 3. The van der Waals surface area contributed by atoms with E-state index in [2.05, 4.69) is 20.5 Å². The van der Waals surface area contributed by atoms with E-state index in [1.807, 2.05) is 27.7 Å². The largest absolute Gasteiger partial charge is 0.328 e.